The minimum Gasteiger partial charge on any atom is -0.480 e. The van der Waals surface area contributed by atoms with Crippen LogP contribution in [0.25, 0.3) is 0 Å². The first-order chi connectivity index (χ1) is 15.5. The summed E-state index contributed by atoms with van der Waals surface area (Å²) in [5.74, 6) is -4.84. The number of carbonyl (C=O) groups is 5. The monoisotopic (exact) mass is 473 g/mol. The smallest absolute Gasteiger partial charge is 0.323 e. The molecule has 0 saturated heterocycles. The van der Waals surface area contributed by atoms with Crippen LogP contribution in [0, 0.1) is 0 Å². The van der Waals surface area contributed by atoms with E-state index in [4.69, 9.17) is 10.2 Å². The zero-order chi connectivity index (χ0) is 25.0. The Morgan fingerprint density at radius 2 is 1.03 bits per heavy atom. The van der Waals surface area contributed by atoms with Crippen LogP contribution < -0.4 is 0 Å². The third-order valence-corrected chi connectivity index (χ3v) is 4.82. The van der Waals surface area contributed by atoms with Gasteiger partial charge in [-0.3, -0.25) is 33.8 Å². The molecule has 14 nitrogen and oxygen atoms in total. The van der Waals surface area contributed by atoms with Crippen molar-refractivity contribution in [1.82, 2.24) is 24.5 Å². The Labute approximate surface area is 190 Å². The number of hydrogen-bond acceptors (Lipinski definition) is 9. The van der Waals surface area contributed by atoms with Crippen LogP contribution >= 0.6 is 0 Å². The Hall–Kier alpha value is -3.39. The van der Waals surface area contributed by atoms with Gasteiger partial charge in [0.1, 0.15) is 13.1 Å². The van der Waals surface area contributed by atoms with Gasteiger partial charge in [-0.25, -0.2) is 0 Å². The van der Waals surface area contributed by atoms with E-state index in [1.54, 1.807) is 14.7 Å². The highest BCUT2D eigenvalue weighted by Crippen LogP contribution is 2.03. The molecule has 0 aromatic heterocycles. The highest BCUT2D eigenvalue weighted by molar-refractivity contribution is 5.82. The molecule has 1 rings (SSSR count). The highest BCUT2D eigenvalue weighted by atomic mass is 16.4. The van der Waals surface area contributed by atoms with Gasteiger partial charge in [-0.05, 0) is 0 Å². The number of likely N-dealkylation sites (N-methyl/N-ethyl adjacent to an activating group) is 1. The van der Waals surface area contributed by atoms with Crippen LogP contribution in [0.3, 0.4) is 0 Å². The zero-order valence-corrected chi connectivity index (χ0v) is 18.5. The van der Waals surface area contributed by atoms with E-state index in [-0.39, 0.29) is 65.4 Å². The van der Waals surface area contributed by atoms with Gasteiger partial charge in [0.2, 0.25) is 5.91 Å². The summed E-state index contributed by atoms with van der Waals surface area (Å²) < 4.78 is 0. The average Bonchev–Trinajstić information content (AvgIpc) is 2.68. The molecule has 0 fully saturated rings. The van der Waals surface area contributed by atoms with E-state index >= 15 is 0 Å². The van der Waals surface area contributed by atoms with Gasteiger partial charge in [0, 0.05) is 58.7 Å². The van der Waals surface area contributed by atoms with Crippen LogP contribution in [0.2, 0.25) is 0 Å². The van der Waals surface area contributed by atoms with Crippen LogP contribution in [-0.4, -0.2) is 154 Å². The minimum absolute atomic E-state index is 0.187. The Kier molecular flexibility index (Phi) is 11.6. The molecule has 14 heteroatoms. The number of aliphatic carboxylic acids is 4. The van der Waals surface area contributed by atoms with E-state index in [0.717, 1.165) is 4.90 Å². The first-order valence-corrected chi connectivity index (χ1v) is 10.2. The Balaban J connectivity index is 3.08. The summed E-state index contributed by atoms with van der Waals surface area (Å²) in [7, 11) is 1.35. The summed E-state index contributed by atoms with van der Waals surface area (Å²) in [6.45, 7) is -0.210. The van der Waals surface area contributed by atoms with E-state index in [0.29, 0.717) is 0 Å². The quantitative estimate of drug-likeness (QED) is 0.261. The molecule has 1 heterocycles. The summed E-state index contributed by atoms with van der Waals surface area (Å²) >= 11 is 0. The van der Waals surface area contributed by atoms with Gasteiger partial charge in [-0.15, -0.1) is 0 Å². The molecular formula is C19H31N5O9. The van der Waals surface area contributed by atoms with Gasteiger partial charge in [-0.2, -0.15) is 0 Å². The van der Waals surface area contributed by atoms with Crippen molar-refractivity contribution in [2.45, 2.75) is 0 Å². The van der Waals surface area contributed by atoms with E-state index < -0.39 is 36.3 Å². The predicted octanol–water partition coefficient (Wildman–Crippen LogP) is -2.52. The van der Waals surface area contributed by atoms with E-state index in [9.17, 15) is 34.2 Å². The molecular weight excluding hydrogens is 442 g/mol. The standard InChI is InChI=1S/C19H31N5O9/c1-20(11-16(26)27)15(25)10-21-2-4-22(12-17(28)29)6-8-24(14-19(32)33)9-7-23(5-3-21)13-18(30)31/h2,4H,3,5-14H2,1H3,(H,26,27)(H,28,29)(H,30,31)(H,32,33)/b4-2-. The van der Waals surface area contributed by atoms with Crippen LogP contribution in [0.5, 0.6) is 0 Å². The Morgan fingerprint density at radius 1 is 0.636 bits per heavy atom. The molecule has 1 aliphatic heterocycles. The van der Waals surface area contributed by atoms with Crippen molar-refractivity contribution in [2.24, 2.45) is 0 Å². The summed E-state index contributed by atoms with van der Waals surface area (Å²) in [4.78, 5) is 64.2. The molecule has 0 radical (unpaired) electrons. The Morgan fingerprint density at radius 3 is 1.42 bits per heavy atom. The predicted molar refractivity (Wildman–Crippen MR) is 113 cm³/mol. The topological polar surface area (TPSA) is 182 Å². The van der Waals surface area contributed by atoms with E-state index in [2.05, 4.69) is 0 Å². The van der Waals surface area contributed by atoms with E-state index in [1.165, 1.54) is 24.3 Å². The zero-order valence-electron chi connectivity index (χ0n) is 18.5. The fraction of sp³-hybridized carbons (Fsp3) is 0.632. The second kappa shape index (κ2) is 13.9. The van der Waals surface area contributed by atoms with Gasteiger partial charge in [0.25, 0.3) is 0 Å². The summed E-state index contributed by atoms with van der Waals surface area (Å²) in [6, 6.07) is 0. The van der Waals surface area contributed by atoms with Crippen molar-refractivity contribution in [1.29, 1.82) is 0 Å². The van der Waals surface area contributed by atoms with Crippen molar-refractivity contribution in [2.75, 3.05) is 79.0 Å². The number of amides is 1. The van der Waals surface area contributed by atoms with Crippen molar-refractivity contribution in [3.8, 4) is 0 Å². The third-order valence-electron chi connectivity index (χ3n) is 4.82. The van der Waals surface area contributed by atoms with Gasteiger partial charge >= 0.3 is 23.9 Å². The van der Waals surface area contributed by atoms with E-state index in [1.807, 2.05) is 0 Å². The first-order valence-electron chi connectivity index (χ1n) is 10.2. The van der Waals surface area contributed by atoms with Crippen molar-refractivity contribution < 1.29 is 44.4 Å². The lowest BCUT2D eigenvalue weighted by atomic mass is 10.3. The fourth-order valence-electron chi connectivity index (χ4n) is 3.11. The second-order valence-electron chi connectivity index (χ2n) is 7.62. The van der Waals surface area contributed by atoms with Crippen molar-refractivity contribution >= 4 is 29.8 Å². The highest BCUT2D eigenvalue weighted by Gasteiger charge is 2.20. The van der Waals surface area contributed by atoms with Crippen molar-refractivity contribution in [3.05, 3.63) is 12.4 Å². The lowest BCUT2D eigenvalue weighted by Crippen LogP contribution is -2.46. The Bertz CT molecular complexity index is 745. The normalized spacial score (nSPS) is 17.5. The molecule has 33 heavy (non-hydrogen) atoms. The van der Waals surface area contributed by atoms with Gasteiger partial charge in [0.05, 0.1) is 19.6 Å². The molecule has 1 amide bonds. The molecule has 0 aliphatic carbocycles. The third kappa shape index (κ3) is 12.3. The molecule has 0 aromatic rings. The lowest BCUT2D eigenvalue weighted by Gasteiger charge is -2.31. The fourth-order valence-corrected chi connectivity index (χ4v) is 3.11. The summed E-state index contributed by atoms with van der Waals surface area (Å²) in [5, 5.41) is 36.4. The molecule has 0 spiro atoms. The van der Waals surface area contributed by atoms with Gasteiger partial charge in [-0.1, -0.05) is 0 Å². The average molecular weight is 473 g/mol. The molecule has 0 saturated carbocycles. The number of carboxylic acid groups (broad SMARTS) is 4. The van der Waals surface area contributed by atoms with Gasteiger partial charge in [0.15, 0.2) is 0 Å². The van der Waals surface area contributed by atoms with Crippen LogP contribution in [0.1, 0.15) is 0 Å². The van der Waals surface area contributed by atoms with Crippen LogP contribution in [0.15, 0.2) is 12.4 Å². The maximum Gasteiger partial charge on any atom is 0.323 e. The summed E-state index contributed by atoms with van der Waals surface area (Å²) in [6.07, 6.45) is 2.97. The number of carboxylic acids is 4. The number of hydrogen-bond donors (Lipinski definition) is 4. The van der Waals surface area contributed by atoms with Crippen LogP contribution in [-0.2, 0) is 24.0 Å². The second-order valence-corrected chi connectivity index (χ2v) is 7.62. The number of nitrogens with zero attached hydrogens (tertiary/aromatic N) is 5. The minimum atomic E-state index is -1.17. The number of rotatable bonds is 10. The molecule has 0 atom stereocenters. The maximum absolute atomic E-state index is 12.4. The molecule has 0 bridgehead atoms. The molecule has 4 N–H and O–H groups in total. The number of carbonyl (C=O) groups excluding carboxylic acids is 1. The largest absolute Gasteiger partial charge is 0.480 e. The molecule has 1 aliphatic rings. The first kappa shape index (κ1) is 27.6. The van der Waals surface area contributed by atoms with Crippen molar-refractivity contribution in [3.63, 3.8) is 0 Å². The maximum atomic E-state index is 12.4. The SMILES string of the molecule is CN(CC(=O)O)C(=O)CN1/C=C\N(CC(=O)O)CCN(CC(=O)O)CCN(CC(=O)O)CC1. The lowest BCUT2D eigenvalue weighted by molar-refractivity contribution is -0.143. The summed E-state index contributed by atoms with van der Waals surface area (Å²) in [5.41, 5.74) is 0. The molecule has 0 aromatic carbocycles. The molecule has 0 unspecified atom stereocenters. The van der Waals surface area contributed by atoms with Crippen LogP contribution in [0.4, 0.5) is 0 Å². The molecule has 186 valence electrons. The van der Waals surface area contributed by atoms with Gasteiger partial charge < -0.3 is 35.1 Å².